The van der Waals surface area contributed by atoms with Gasteiger partial charge in [-0.25, -0.2) is 0 Å². The van der Waals surface area contributed by atoms with Crippen molar-refractivity contribution in [2.75, 3.05) is 23.3 Å². The molecule has 1 fully saturated rings. The van der Waals surface area contributed by atoms with Crippen molar-refractivity contribution in [3.05, 3.63) is 42.2 Å². The Balaban J connectivity index is 1.73. The van der Waals surface area contributed by atoms with E-state index in [0.29, 0.717) is 0 Å². The van der Waals surface area contributed by atoms with Gasteiger partial charge in [-0.1, -0.05) is 12.1 Å². The normalized spacial score (nSPS) is 15.2. The van der Waals surface area contributed by atoms with E-state index in [1.165, 1.54) is 49.4 Å². The zero-order valence-corrected chi connectivity index (χ0v) is 12.8. The average molecular weight is 284 g/mol. The van der Waals surface area contributed by atoms with E-state index in [0.717, 1.165) is 13.1 Å². The number of para-hydroxylation sites is 2. The second kappa shape index (κ2) is 6.66. The summed E-state index contributed by atoms with van der Waals surface area (Å²) in [5.74, 6) is 0. The van der Waals surface area contributed by atoms with Crippen molar-refractivity contribution in [3.63, 3.8) is 0 Å². The molecule has 112 valence electrons. The van der Waals surface area contributed by atoms with E-state index in [-0.39, 0.29) is 0 Å². The molecule has 1 saturated heterocycles. The molecule has 0 aliphatic carbocycles. The molecule has 0 atom stereocenters. The molecule has 1 aromatic carbocycles. The topological polar surface area (TPSA) is 33.1 Å². The van der Waals surface area contributed by atoms with Crippen molar-refractivity contribution in [1.82, 2.24) is 9.78 Å². The Hall–Kier alpha value is -1.97. The second-order valence-corrected chi connectivity index (χ2v) is 5.56. The van der Waals surface area contributed by atoms with Crippen molar-refractivity contribution in [2.45, 2.75) is 39.3 Å². The molecule has 2 aromatic rings. The Morgan fingerprint density at radius 3 is 2.71 bits per heavy atom. The molecule has 3 rings (SSSR count). The van der Waals surface area contributed by atoms with Crippen molar-refractivity contribution >= 4 is 11.4 Å². The van der Waals surface area contributed by atoms with Crippen LogP contribution in [0.4, 0.5) is 11.4 Å². The van der Waals surface area contributed by atoms with E-state index >= 15 is 0 Å². The Bertz CT molecular complexity index is 570. The maximum absolute atomic E-state index is 4.33. The van der Waals surface area contributed by atoms with Crippen LogP contribution in [-0.2, 0) is 13.1 Å². The van der Waals surface area contributed by atoms with Crippen LogP contribution < -0.4 is 10.2 Å². The van der Waals surface area contributed by atoms with Crippen molar-refractivity contribution in [1.29, 1.82) is 0 Å². The van der Waals surface area contributed by atoms with E-state index in [1.54, 1.807) is 0 Å². The summed E-state index contributed by atoms with van der Waals surface area (Å²) in [5, 5.41) is 7.91. The van der Waals surface area contributed by atoms with Gasteiger partial charge >= 0.3 is 0 Å². The highest BCUT2D eigenvalue weighted by atomic mass is 15.3. The molecular weight excluding hydrogens is 260 g/mol. The van der Waals surface area contributed by atoms with Crippen LogP contribution in [0.15, 0.2) is 36.5 Å². The zero-order chi connectivity index (χ0) is 14.5. The third kappa shape index (κ3) is 3.20. The highest BCUT2D eigenvalue weighted by Crippen LogP contribution is 2.28. The van der Waals surface area contributed by atoms with E-state index in [4.69, 9.17) is 0 Å². The summed E-state index contributed by atoms with van der Waals surface area (Å²) in [7, 11) is 0. The van der Waals surface area contributed by atoms with Gasteiger partial charge in [0, 0.05) is 25.8 Å². The largest absolute Gasteiger partial charge is 0.378 e. The molecule has 1 N–H and O–H groups in total. The molecule has 1 aliphatic rings. The van der Waals surface area contributed by atoms with Gasteiger partial charge in [-0.2, -0.15) is 5.10 Å². The molecular formula is C17H24N4. The SMILES string of the molecule is CCn1nccc1CNc1ccccc1N1CCCCC1. The van der Waals surface area contributed by atoms with E-state index in [2.05, 4.69) is 52.6 Å². The Kier molecular flexibility index (Phi) is 4.43. The fourth-order valence-corrected chi connectivity index (χ4v) is 3.01. The standard InChI is InChI=1S/C17H24N4/c1-2-21-15(10-11-19-21)14-18-16-8-4-5-9-17(16)20-12-6-3-7-13-20/h4-5,8-11,18H,2-3,6-7,12-14H2,1H3. The molecule has 4 nitrogen and oxygen atoms in total. The average Bonchev–Trinajstić information content (AvgIpc) is 3.01. The van der Waals surface area contributed by atoms with E-state index in [1.807, 2.05) is 10.9 Å². The van der Waals surface area contributed by atoms with E-state index in [9.17, 15) is 0 Å². The highest BCUT2D eigenvalue weighted by molar-refractivity contribution is 5.70. The molecule has 0 radical (unpaired) electrons. The number of anilines is 2. The van der Waals surface area contributed by atoms with Gasteiger partial charge < -0.3 is 10.2 Å². The van der Waals surface area contributed by atoms with Crippen LogP contribution >= 0.6 is 0 Å². The highest BCUT2D eigenvalue weighted by Gasteiger charge is 2.14. The van der Waals surface area contributed by atoms with Crippen LogP contribution in [-0.4, -0.2) is 22.9 Å². The molecule has 1 aromatic heterocycles. The first-order valence-electron chi connectivity index (χ1n) is 7.97. The predicted molar refractivity (Wildman–Crippen MR) is 87.7 cm³/mol. The number of nitrogens with one attached hydrogen (secondary N) is 1. The van der Waals surface area contributed by atoms with Gasteiger partial charge in [-0.15, -0.1) is 0 Å². The number of aromatic nitrogens is 2. The molecule has 21 heavy (non-hydrogen) atoms. The van der Waals surface area contributed by atoms with Gasteiger partial charge in [0.25, 0.3) is 0 Å². The fraction of sp³-hybridized carbons (Fsp3) is 0.471. The van der Waals surface area contributed by atoms with E-state index < -0.39 is 0 Å². The number of hydrogen-bond donors (Lipinski definition) is 1. The first-order chi connectivity index (χ1) is 10.4. The van der Waals surface area contributed by atoms with Crippen LogP contribution in [0.2, 0.25) is 0 Å². The van der Waals surface area contributed by atoms with Crippen molar-refractivity contribution in [2.24, 2.45) is 0 Å². The Morgan fingerprint density at radius 1 is 1.10 bits per heavy atom. The van der Waals surface area contributed by atoms with Gasteiger partial charge in [-0.3, -0.25) is 4.68 Å². The van der Waals surface area contributed by atoms with Crippen LogP contribution in [0.5, 0.6) is 0 Å². The lowest BCUT2D eigenvalue weighted by atomic mass is 10.1. The van der Waals surface area contributed by atoms with Gasteiger partial charge in [0.05, 0.1) is 23.6 Å². The maximum Gasteiger partial charge on any atom is 0.0602 e. The van der Waals surface area contributed by atoms with Gasteiger partial charge in [-0.05, 0) is 44.4 Å². The zero-order valence-electron chi connectivity index (χ0n) is 12.8. The molecule has 0 bridgehead atoms. The lowest BCUT2D eigenvalue weighted by Gasteiger charge is -2.30. The Morgan fingerprint density at radius 2 is 1.90 bits per heavy atom. The number of hydrogen-bond acceptors (Lipinski definition) is 3. The maximum atomic E-state index is 4.33. The summed E-state index contributed by atoms with van der Waals surface area (Å²) in [5.41, 5.74) is 3.79. The minimum absolute atomic E-state index is 0.818. The van der Waals surface area contributed by atoms with Crippen LogP contribution in [0.1, 0.15) is 31.9 Å². The number of piperidine rings is 1. The van der Waals surface area contributed by atoms with Gasteiger partial charge in [0.1, 0.15) is 0 Å². The number of aryl methyl sites for hydroxylation is 1. The minimum Gasteiger partial charge on any atom is -0.378 e. The fourth-order valence-electron chi connectivity index (χ4n) is 3.01. The van der Waals surface area contributed by atoms with Crippen LogP contribution in [0.3, 0.4) is 0 Å². The number of rotatable bonds is 5. The lowest BCUT2D eigenvalue weighted by molar-refractivity contribution is 0.578. The van der Waals surface area contributed by atoms with Crippen molar-refractivity contribution in [3.8, 4) is 0 Å². The molecule has 0 unspecified atom stereocenters. The van der Waals surface area contributed by atoms with Crippen molar-refractivity contribution < 1.29 is 0 Å². The molecule has 0 saturated carbocycles. The molecule has 0 amide bonds. The molecule has 1 aliphatic heterocycles. The van der Waals surface area contributed by atoms with Gasteiger partial charge in [0.2, 0.25) is 0 Å². The summed E-state index contributed by atoms with van der Waals surface area (Å²) in [6, 6.07) is 10.7. The monoisotopic (exact) mass is 284 g/mol. The first-order valence-corrected chi connectivity index (χ1v) is 7.97. The first kappa shape index (κ1) is 14.0. The quantitative estimate of drug-likeness (QED) is 0.912. The summed E-state index contributed by atoms with van der Waals surface area (Å²) >= 11 is 0. The summed E-state index contributed by atoms with van der Waals surface area (Å²) in [6.07, 6.45) is 5.84. The molecule has 4 heteroatoms. The summed E-state index contributed by atoms with van der Waals surface area (Å²) in [6.45, 7) is 6.20. The summed E-state index contributed by atoms with van der Waals surface area (Å²) < 4.78 is 2.04. The third-order valence-electron chi connectivity index (χ3n) is 4.16. The van der Waals surface area contributed by atoms with Crippen LogP contribution in [0, 0.1) is 0 Å². The lowest BCUT2D eigenvalue weighted by Crippen LogP contribution is -2.30. The van der Waals surface area contributed by atoms with Gasteiger partial charge in [0.15, 0.2) is 0 Å². The number of benzene rings is 1. The number of nitrogens with zero attached hydrogens (tertiary/aromatic N) is 3. The third-order valence-corrected chi connectivity index (χ3v) is 4.16. The second-order valence-electron chi connectivity index (χ2n) is 5.56. The minimum atomic E-state index is 0.818. The summed E-state index contributed by atoms with van der Waals surface area (Å²) in [4.78, 5) is 2.50. The van der Waals surface area contributed by atoms with Crippen LogP contribution in [0.25, 0.3) is 0 Å². The Labute approximate surface area is 126 Å². The molecule has 0 spiro atoms. The smallest absolute Gasteiger partial charge is 0.0602 e. The molecule has 2 heterocycles. The predicted octanol–water partition coefficient (Wildman–Crippen LogP) is 3.51.